The molecule has 5 heteroatoms. The average Bonchev–Trinajstić information content (AvgIpc) is 2.52. The number of nitrogens with zero attached hydrogens (tertiary/aromatic N) is 1. The van der Waals surface area contributed by atoms with Crippen LogP contribution in [0.15, 0.2) is 10.6 Å². The molecule has 78 valence electrons. The molecule has 0 aliphatic heterocycles. The molecule has 1 atom stereocenters. The zero-order chi connectivity index (χ0) is 10.7. The minimum atomic E-state index is -1.03. The summed E-state index contributed by atoms with van der Waals surface area (Å²) in [6.07, 6.45) is 0.200. The van der Waals surface area contributed by atoms with Crippen molar-refractivity contribution in [2.75, 3.05) is 0 Å². The molecule has 0 saturated carbocycles. The van der Waals surface area contributed by atoms with E-state index in [0.717, 1.165) is 5.76 Å². The Kier molecular flexibility index (Phi) is 3.24. The summed E-state index contributed by atoms with van der Waals surface area (Å²) in [6.45, 7) is 3.95. The van der Waals surface area contributed by atoms with Crippen LogP contribution in [-0.2, 0) is 11.2 Å². The Labute approximate surface area is 81.9 Å². The van der Waals surface area contributed by atoms with E-state index in [9.17, 15) is 4.79 Å². The Morgan fingerprint density at radius 1 is 1.71 bits per heavy atom. The third-order valence-corrected chi connectivity index (χ3v) is 1.89. The molecular formula is C9H14N2O3. The van der Waals surface area contributed by atoms with Gasteiger partial charge in [-0.25, -0.2) is 0 Å². The van der Waals surface area contributed by atoms with Crippen molar-refractivity contribution in [3.05, 3.63) is 17.5 Å². The summed E-state index contributed by atoms with van der Waals surface area (Å²) in [5.41, 5.74) is 5.94. The molecule has 1 aromatic heterocycles. The molecule has 0 fully saturated rings. The lowest BCUT2D eigenvalue weighted by atomic mass is 10.1. The normalized spacial score (nSPS) is 13.1. The third-order valence-electron chi connectivity index (χ3n) is 1.89. The van der Waals surface area contributed by atoms with Crippen molar-refractivity contribution in [3.8, 4) is 0 Å². The Hall–Kier alpha value is -1.36. The number of rotatable bonds is 4. The second kappa shape index (κ2) is 4.23. The SMILES string of the molecule is CC(C)c1cc(C[C@H](N)C(=O)O)no1. The van der Waals surface area contributed by atoms with E-state index >= 15 is 0 Å². The number of carboxylic acid groups (broad SMARTS) is 1. The fraction of sp³-hybridized carbons (Fsp3) is 0.556. The first-order valence-electron chi connectivity index (χ1n) is 4.44. The minimum absolute atomic E-state index is 0.200. The molecular weight excluding hydrogens is 184 g/mol. The Morgan fingerprint density at radius 2 is 2.36 bits per heavy atom. The topological polar surface area (TPSA) is 89.4 Å². The van der Waals surface area contributed by atoms with E-state index in [4.69, 9.17) is 15.4 Å². The zero-order valence-corrected chi connectivity index (χ0v) is 8.23. The van der Waals surface area contributed by atoms with Gasteiger partial charge in [0.2, 0.25) is 0 Å². The lowest BCUT2D eigenvalue weighted by Crippen LogP contribution is -2.32. The van der Waals surface area contributed by atoms with Gasteiger partial charge in [0.25, 0.3) is 0 Å². The second-order valence-corrected chi connectivity index (χ2v) is 3.52. The molecule has 0 unspecified atom stereocenters. The monoisotopic (exact) mass is 198 g/mol. The molecule has 0 amide bonds. The number of hydrogen-bond acceptors (Lipinski definition) is 4. The van der Waals surface area contributed by atoms with Crippen LogP contribution in [0.2, 0.25) is 0 Å². The van der Waals surface area contributed by atoms with Gasteiger partial charge in [-0.2, -0.15) is 0 Å². The number of carboxylic acids is 1. The van der Waals surface area contributed by atoms with E-state index in [1.807, 2.05) is 13.8 Å². The molecule has 0 aromatic carbocycles. The highest BCUT2D eigenvalue weighted by Crippen LogP contribution is 2.15. The van der Waals surface area contributed by atoms with Crippen molar-refractivity contribution in [2.24, 2.45) is 5.73 Å². The number of carbonyl (C=O) groups is 1. The Balaban J connectivity index is 2.64. The van der Waals surface area contributed by atoms with Gasteiger partial charge in [0, 0.05) is 18.4 Å². The predicted octanol–water partition coefficient (Wildman–Crippen LogP) is 0.752. The first-order valence-corrected chi connectivity index (χ1v) is 4.44. The van der Waals surface area contributed by atoms with Crippen LogP contribution in [0.1, 0.15) is 31.2 Å². The highest BCUT2D eigenvalue weighted by atomic mass is 16.5. The fourth-order valence-electron chi connectivity index (χ4n) is 1.01. The number of aliphatic carboxylic acids is 1. The van der Waals surface area contributed by atoms with E-state index in [1.54, 1.807) is 6.07 Å². The molecule has 0 radical (unpaired) electrons. The highest BCUT2D eigenvalue weighted by Gasteiger charge is 2.15. The lowest BCUT2D eigenvalue weighted by molar-refractivity contribution is -0.138. The third kappa shape index (κ3) is 2.56. The second-order valence-electron chi connectivity index (χ2n) is 3.52. The predicted molar refractivity (Wildman–Crippen MR) is 49.9 cm³/mol. The molecule has 1 aromatic rings. The number of aromatic nitrogens is 1. The van der Waals surface area contributed by atoms with Gasteiger partial charge in [-0.3, -0.25) is 4.79 Å². The van der Waals surface area contributed by atoms with Gasteiger partial charge < -0.3 is 15.4 Å². The van der Waals surface area contributed by atoms with Crippen LogP contribution < -0.4 is 5.73 Å². The Morgan fingerprint density at radius 3 is 2.79 bits per heavy atom. The van der Waals surface area contributed by atoms with Crippen LogP contribution in [0.3, 0.4) is 0 Å². The first kappa shape index (κ1) is 10.7. The van der Waals surface area contributed by atoms with E-state index in [-0.39, 0.29) is 12.3 Å². The zero-order valence-electron chi connectivity index (χ0n) is 8.23. The van der Waals surface area contributed by atoms with Crippen LogP contribution in [0.5, 0.6) is 0 Å². The maximum atomic E-state index is 10.5. The maximum Gasteiger partial charge on any atom is 0.320 e. The molecule has 0 saturated heterocycles. The summed E-state index contributed by atoms with van der Waals surface area (Å²) in [4.78, 5) is 10.5. The molecule has 1 rings (SSSR count). The molecule has 0 aliphatic carbocycles. The van der Waals surface area contributed by atoms with Gasteiger partial charge >= 0.3 is 5.97 Å². The summed E-state index contributed by atoms with van der Waals surface area (Å²) < 4.78 is 5.01. The van der Waals surface area contributed by atoms with Crippen LogP contribution in [0.25, 0.3) is 0 Å². The van der Waals surface area contributed by atoms with Crippen LogP contribution in [0, 0.1) is 0 Å². The molecule has 1 heterocycles. The van der Waals surface area contributed by atoms with Crippen molar-refractivity contribution < 1.29 is 14.4 Å². The van der Waals surface area contributed by atoms with Crippen LogP contribution in [-0.4, -0.2) is 22.3 Å². The van der Waals surface area contributed by atoms with E-state index in [1.165, 1.54) is 0 Å². The van der Waals surface area contributed by atoms with Crippen LogP contribution >= 0.6 is 0 Å². The summed E-state index contributed by atoms with van der Waals surface area (Å²) in [5, 5.41) is 12.3. The average molecular weight is 198 g/mol. The largest absolute Gasteiger partial charge is 0.480 e. The molecule has 0 bridgehead atoms. The molecule has 3 N–H and O–H groups in total. The Bertz CT molecular complexity index is 320. The molecule has 14 heavy (non-hydrogen) atoms. The van der Waals surface area contributed by atoms with Crippen molar-refractivity contribution in [3.63, 3.8) is 0 Å². The summed E-state index contributed by atoms with van der Waals surface area (Å²) >= 11 is 0. The molecule has 5 nitrogen and oxygen atoms in total. The standard InChI is InChI=1S/C9H14N2O3/c1-5(2)8-4-6(11-14-8)3-7(10)9(12)13/h4-5,7H,3,10H2,1-2H3,(H,12,13)/t7-/m0/s1. The van der Waals surface area contributed by atoms with Crippen LogP contribution in [0.4, 0.5) is 0 Å². The number of nitrogens with two attached hydrogens (primary N) is 1. The summed E-state index contributed by atoms with van der Waals surface area (Å²) in [6, 6.07) is 0.827. The van der Waals surface area contributed by atoms with Gasteiger partial charge in [-0.05, 0) is 0 Å². The van der Waals surface area contributed by atoms with Gasteiger partial charge in [-0.15, -0.1) is 0 Å². The van der Waals surface area contributed by atoms with Crippen molar-refractivity contribution >= 4 is 5.97 Å². The molecule has 0 spiro atoms. The number of hydrogen-bond donors (Lipinski definition) is 2. The maximum absolute atomic E-state index is 10.5. The fourth-order valence-corrected chi connectivity index (χ4v) is 1.01. The van der Waals surface area contributed by atoms with Gasteiger partial charge in [0.1, 0.15) is 11.8 Å². The van der Waals surface area contributed by atoms with Crippen molar-refractivity contribution in [2.45, 2.75) is 32.2 Å². The summed E-state index contributed by atoms with van der Waals surface area (Å²) in [5.74, 6) is -0.0333. The smallest absolute Gasteiger partial charge is 0.320 e. The quantitative estimate of drug-likeness (QED) is 0.745. The van der Waals surface area contributed by atoms with Crippen molar-refractivity contribution in [1.29, 1.82) is 0 Å². The first-order chi connectivity index (χ1) is 6.50. The van der Waals surface area contributed by atoms with Crippen molar-refractivity contribution in [1.82, 2.24) is 5.16 Å². The molecule has 0 aliphatic rings. The highest BCUT2D eigenvalue weighted by molar-refractivity contribution is 5.73. The van der Waals surface area contributed by atoms with E-state index in [2.05, 4.69) is 5.16 Å². The van der Waals surface area contributed by atoms with E-state index < -0.39 is 12.0 Å². The van der Waals surface area contributed by atoms with Gasteiger partial charge in [-0.1, -0.05) is 19.0 Å². The van der Waals surface area contributed by atoms with Gasteiger partial charge in [0.05, 0.1) is 5.69 Å². The van der Waals surface area contributed by atoms with E-state index in [0.29, 0.717) is 5.69 Å². The van der Waals surface area contributed by atoms with Gasteiger partial charge in [0.15, 0.2) is 0 Å². The minimum Gasteiger partial charge on any atom is -0.480 e. The summed E-state index contributed by atoms with van der Waals surface area (Å²) in [7, 11) is 0. The lowest BCUT2D eigenvalue weighted by Gasteiger charge is -2.01.